The zero-order valence-electron chi connectivity index (χ0n) is 15.3. The molecule has 2 rings (SSSR count). The van der Waals surface area contributed by atoms with E-state index >= 15 is 0 Å². The minimum absolute atomic E-state index is 0.0145. The first kappa shape index (κ1) is 20.3. The van der Waals surface area contributed by atoms with Crippen molar-refractivity contribution >= 4 is 35.2 Å². The first-order valence-corrected chi connectivity index (χ1v) is 10.0. The molecule has 0 saturated carbocycles. The van der Waals surface area contributed by atoms with Gasteiger partial charge in [-0.15, -0.1) is 11.8 Å². The summed E-state index contributed by atoms with van der Waals surface area (Å²) >= 11 is 1.31. The molecule has 1 fully saturated rings. The van der Waals surface area contributed by atoms with Crippen molar-refractivity contribution in [3.8, 4) is 0 Å². The number of thioether (sulfide) groups is 1. The van der Waals surface area contributed by atoms with Crippen LogP contribution in [0.25, 0.3) is 0 Å². The number of piperidine rings is 1. The summed E-state index contributed by atoms with van der Waals surface area (Å²) < 4.78 is 5.03. The monoisotopic (exact) mass is 378 g/mol. The number of carbonyl (C=O) groups excluding carboxylic acids is 3. The Morgan fingerprint density at radius 2 is 1.96 bits per heavy atom. The third-order valence-corrected chi connectivity index (χ3v) is 5.15. The number of nitrogens with one attached hydrogen (secondary N) is 1. The topological polar surface area (TPSA) is 75.7 Å². The molecule has 0 bridgehead atoms. The molecule has 1 aliphatic rings. The van der Waals surface area contributed by atoms with Gasteiger partial charge in [0.25, 0.3) is 0 Å². The largest absolute Gasteiger partial charge is 0.466 e. The molecule has 0 aliphatic carbocycles. The zero-order valence-corrected chi connectivity index (χ0v) is 16.1. The van der Waals surface area contributed by atoms with E-state index < -0.39 is 0 Å². The van der Waals surface area contributed by atoms with Crippen LogP contribution in [0.3, 0.4) is 0 Å². The smallest absolute Gasteiger partial charge is 0.309 e. The molecule has 1 aromatic carbocycles. The molecule has 0 spiro atoms. The zero-order chi connectivity index (χ0) is 18.9. The summed E-state index contributed by atoms with van der Waals surface area (Å²) in [5, 5.41) is 2.83. The number of likely N-dealkylation sites (tertiary alicyclic amines) is 1. The maximum Gasteiger partial charge on any atom is 0.309 e. The number of aryl methyl sites for hydroxylation is 1. The molecule has 1 aromatic rings. The molecule has 1 heterocycles. The summed E-state index contributed by atoms with van der Waals surface area (Å²) in [4.78, 5) is 37.7. The normalized spacial score (nSPS) is 14.8. The van der Waals surface area contributed by atoms with E-state index in [0.717, 1.165) is 11.3 Å². The van der Waals surface area contributed by atoms with Crippen LogP contribution in [0, 0.1) is 12.8 Å². The van der Waals surface area contributed by atoms with Gasteiger partial charge in [-0.3, -0.25) is 14.4 Å². The lowest BCUT2D eigenvalue weighted by atomic mass is 9.97. The predicted octanol–water partition coefficient (Wildman–Crippen LogP) is 2.47. The van der Waals surface area contributed by atoms with Gasteiger partial charge in [0.05, 0.1) is 24.0 Å². The Balaban J connectivity index is 1.66. The van der Waals surface area contributed by atoms with Gasteiger partial charge in [-0.25, -0.2) is 0 Å². The maximum atomic E-state index is 12.2. The van der Waals surface area contributed by atoms with Crippen molar-refractivity contribution in [2.75, 3.05) is 36.5 Å². The average molecular weight is 378 g/mol. The van der Waals surface area contributed by atoms with E-state index in [1.807, 2.05) is 31.2 Å². The van der Waals surface area contributed by atoms with Crippen molar-refractivity contribution in [3.63, 3.8) is 0 Å². The Labute approximate surface area is 158 Å². The standard InChI is InChI=1S/C19H26N2O4S/c1-3-25-19(24)15-7-9-21(10-8-15)18(23)13-26-12-17(22)20-16-6-4-5-14(2)11-16/h4-6,11,15H,3,7-10,12-13H2,1-2H3,(H,20,22). The maximum absolute atomic E-state index is 12.2. The minimum Gasteiger partial charge on any atom is -0.466 e. The van der Waals surface area contributed by atoms with Gasteiger partial charge in [0.2, 0.25) is 11.8 Å². The van der Waals surface area contributed by atoms with Crippen molar-refractivity contribution in [1.82, 2.24) is 4.90 Å². The summed E-state index contributed by atoms with van der Waals surface area (Å²) in [5.41, 5.74) is 1.85. The van der Waals surface area contributed by atoms with Crippen LogP contribution in [-0.4, -0.2) is 53.9 Å². The van der Waals surface area contributed by atoms with Gasteiger partial charge in [0.1, 0.15) is 0 Å². The van der Waals surface area contributed by atoms with Crippen LogP contribution < -0.4 is 5.32 Å². The van der Waals surface area contributed by atoms with Crippen LogP contribution in [0.5, 0.6) is 0 Å². The van der Waals surface area contributed by atoms with Crippen LogP contribution in [0.2, 0.25) is 0 Å². The molecule has 26 heavy (non-hydrogen) atoms. The Bertz CT molecular complexity index is 642. The Morgan fingerprint density at radius 1 is 1.23 bits per heavy atom. The third kappa shape index (κ3) is 6.37. The molecule has 0 unspecified atom stereocenters. The number of carbonyl (C=O) groups is 3. The fraction of sp³-hybridized carbons (Fsp3) is 0.526. The summed E-state index contributed by atoms with van der Waals surface area (Å²) in [5.74, 6) is 0.133. The van der Waals surface area contributed by atoms with Gasteiger partial charge in [0, 0.05) is 18.8 Å². The Kier molecular flexibility index (Phi) is 7.97. The highest BCUT2D eigenvalue weighted by atomic mass is 32.2. The number of hydrogen-bond acceptors (Lipinski definition) is 5. The van der Waals surface area contributed by atoms with Crippen LogP contribution in [0.4, 0.5) is 5.69 Å². The van der Waals surface area contributed by atoms with Crippen LogP contribution >= 0.6 is 11.8 Å². The molecule has 0 aromatic heterocycles. The van der Waals surface area contributed by atoms with Crippen LogP contribution in [0.1, 0.15) is 25.3 Å². The molecular formula is C19H26N2O4S. The summed E-state index contributed by atoms with van der Waals surface area (Å²) in [6.07, 6.45) is 1.28. The van der Waals surface area contributed by atoms with Crippen molar-refractivity contribution in [2.45, 2.75) is 26.7 Å². The van der Waals surface area contributed by atoms with Crippen molar-refractivity contribution in [1.29, 1.82) is 0 Å². The lowest BCUT2D eigenvalue weighted by molar-refractivity contribution is -0.151. The summed E-state index contributed by atoms with van der Waals surface area (Å²) in [7, 11) is 0. The lowest BCUT2D eigenvalue weighted by Gasteiger charge is -2.30. The first-order valence-electron chi connectivity index (χ1n) is 8.88. The summed E-state index contributed by atoms with van der Waals surface area (Å²) in [6.45, 7) is 5.28. The molecule has 1 saturated heterocycles. The number of ether oxygens (including phenoxy) is 1. The molecule has 1 N–H and O–H groups in total. The second-order valence-electron chi connectivity index (χ2n) is 6.32. The van der Waals surface area contributed by atoms with E-state index in [1.165, 1.54) is 11.8 Å². The highest BCUT2D eigenvalue weighted by Crippen LogP contribution is 2.19. The average Bonchev–Trinajstić information content (AvgIpc) is 2.62. The van der Waals surface area contributed by atoms with E-state index in [4.69, 9.17) is 4.74 Å². The molecule has 0 atom stereocenters. The van der Waals surface area contributed by atoms with E-state index in [-0.39, 0.29) is 35.2 Å². The lowest BCUT2D eigenvalue weighted by Crippen LogP contribution is -2.41. The van der Waals surface area contributed by atoms with Gasteiger partial charge in [0.15, 0.2) is 0 Å². The van der Waals surface area contributed by atoms with Crippen molar-refractivity contribution in [3.05, 3.63) is 29.8 Å². The fourth-order valence-electron chi connectivity index (χ4n) is 2.87. The number of rotatable bonds is 7. The first-order chi connectivity index (χ1) is 12.5. The van der Waals surface area contributed by atoms with Gasteiger partial charge in [-0.05, 0) is 44.4 Å². The van der Waals surface area contributed by atoms with E-state index in [1.54, 1.807) is 11.8 Å². The van der Waals surface area contributed by atoms with Crippen molar-refractivity contribution in [2.24, 2.45) is 5.92 Å². The van der Waals surface area contributed by atoms with E-state index in [9.17, 15) is 14.4 Å². The Morgan fingerprint density at radius 3 is 2.62 bits per heavy atom. The predicted molar refractivity (Wildman–Crippen MR) is 103 cm³/mol. The second kappa shape index (κ2) is 10.2. The molecule has 6 nitrogen and oxygen atoms in total. The number of amides is 2. The second-order valence-corrected chi connectivity index (χ2v) is 7.30. The number of nitrogens with zero attached hydrogens (tertiary/aromatic N) is 1. The van der Waals surface area contributed by atoms with E-state index in [2.05, 4.69) is 5.32 Å². The van der Waals surface area contributed by atoms with Crippen LogP contribution in [0.15, 0.2) is 24.3 Å². The number of benzene rings is 1. The number of hydrogen-bond donors (Lipinski definition) is 1. The molecular weight excluding hydrogens is 352 g/mol. The molecule has 0 radical (unpaired) electrons. The van der Waals surface area contributed by atoms with Gasteiger partial charge in [-0.2, -0.15) is 0 Å². The fourth-order valence-corrected chi connectivity index (χ4v) is 3.58. The van der Waals surface area contributed by atoms with Gasteiger partial charge < -0.3 is 15.0 Å². The molecule has 1 aliphatic heterocycles. The van der Waals surface area contributed by atoms with E-state index in [0.29, 0.717) is 32.5 Å². The van der Waals surface area contributed by atoms with Crippen LogP contribution in [-0.2, 0) is 19.1 Å². The SMILES string of the molecule is CCOC(=O)C1CCN(C(=O)CSCC(=O)Nc2cccc(C)c2)CC1. The third-order valence-electron chi connectivity index (χ3n) is 4.23. The molecule has 2 amide bonds. The van der Waals surface area contributed by atoms with Crippen molar-refractivity contribution < 1.29 is 19.1 Å². The molecule has 7 heteroatoms. The van der Waals surface area contributed by atoms with Gasteiger partial charge >= 0.3 is 5.97 Å². The number of esters is 1. The number of anilines is 1. The highest BCUT2D eigenvalue weighted by molar-refractivity contribution is 8.00. The molecule has 142 valence electrons. The Hall–Kier alpha value is -2.02. The summed E-state index contributed by atoms with van der Waals surface area (Å²) in [6, 6.07) is 7.60. The van der Waals surface area contributed by atoms with Gasteiger partial charge in [-0.1, -0.05) is 12.1 Å². The quantitative estimate of drug-likeness (QED) is 0.738. The highest BCUT2D eigenvalue weighted by Gasteiger charge is 2.28. The minimum atomic E-state index is -0.165.